The van der Waals surface area contributed by atoms with Gasteiger partial charge in [-0.15, -0.1) is 11.3 Å². The molecule has 166 valence electrons. The Morgan fingerprint density at radius 3 is 2.55 bits per heavy atom. The van der Waals surface area contributed by atoms with Crippen molar-refractivity contribution in [3.05, 3.63) is 57.5 Å². The Morgan fingerprint density at radius 2 is 1.90 bits per heavy atom. The summed E-state index contributed by atoms with van der Waals surface area (Å²) in [6, 6.07) is 10.1. The third-order valence-electron chi connectivity index (χ3n) is 7.25. The molecule has 2 saturated heterocycles. The molecule has 3 heterocycles. The summed E-state index contributed by atoms with van der Waals surface area (Å²) < 4.78 is 19.7. The van der Waals surface area contributed by atoms with E-state index in [1.165, 1.54) is 18.4 Å². The maximum Gasteiger partial charge on any atom is 0.264 e. The van der Waals surface area contributed by atoms with Gasteiger partial charge in [-0.1, -0.05) is 12.1 Å². The molecule has 3 fully saturated rings. The molecule has 31 heavy (non-hydrogen) atoms. The Balaban J connectivity index is 1.24. The molecule has 2 aromatic rings. The van der Waals surface area contributed by atoms with E-state index in [0.29, 0.717) is 12.1 Å². The van der Waals surface area contributed by atoms with Crippen LogP contribution in [-0.4, -0.2) is 53.1 Å². The maximum absolute atomic E-state index is 13.3. The number of piperidine rings is 1. The number of carbonyl (C=O) groups is 1. The van der Waals surface area contributed by atoms with E-state index < -0.39 is 0 Å². The van der Waals surface area contributed by atoms with Crippen LogP contribution in [0.5, 0.6) is 0 Å². The third-order valence-corrected chi connectivity index (χ3v) is 8.25. The van der Waals surface area contributed by atoms with Crippen LogP contribution in [0.2, 0.25) is 0 Å². The average molecular weight is 443 g/mol. The molecule has 0 N–H and O–H groups in total. The summed E-state index contributed by atoms with van der Waals surface area (Å²) in [4.78, 5) is 18.4. The molecule has 0 bridgehead atoms. The molecule has 3 aliphatic rings. The van der Waals surface area contributed by atoms with E-state index in [4.69, 9.17) is 4.74 Å². The first-order chi connectivity index (χ1) is 15.0. The number of ether oxygens (including phenoxy) is 1. The molecule has 1 aromatic heterocycles. The lowest BCUT2D eigenvalue weighted by Crippen LogP contribution is -2.54. The lowest BCUT2D eigenvalue weighted by molar-refractivity contribution is -0.131. The molecule has 1 aliphatic carbocycles. The monoisotopic (exact) mass is 442 g/mol. The van der Waals surface area contributed by atoms with Gasteiger partial charge >= 0.3 is 0 Å². The fourth-order valence-corrected chi connectivity index (χ4v) is 6.14. The summed E-state index contributed by atoms with van der Waals surface area (Å²) in [6.07, 6.45) is 6.42. The van der Waals surface area contributed by atoms with Crippen LogP contribution in [-0.2, 0) is 11.3 Å². The van der Waals surface area contributed by atoms with Gasteiger partial charge in [0.05, 0.1) is 10.5 Å². The Morgan fingerprint density at radius 1 is 1.16 bits per heavy atom. The van der Waals surface area contributed by atoms with Crippen molar-refractivity contribution in [2.24, 2.45) is 0 Å². The van der Waals surface area contributed by atoms with E-state index in [1.54, 1.807) is 23.5 Å². The number of thiophene rings is 1. The highest BCUT2D eigenvalue weighted by Crippen LogP contribution is 2.41. The first kappa shape index (κ1) is 21.1. The smallest absolute Gasteiger partial charge is 0.264 e. The number of amides is 1. The Kier molecular flexibility index (Phi) is 5.88. The topological polar surface area (TPSA) is 32.8 Å². The number of nitrogens with zero attached hydrogens (tertiary/aromatic N) is 2. The number of aryl methyl sites for hydroxylation is 1. The van der Waals surface area contributed by atoms with Crippen molar-refractivity contribution in [3.8, 4) is 0 Å². The first-order valence-electron chi connectivity index (χ1n) is 11.5. The second-order valence-corrected chi connectivity index (χ2v) is 10.3. The molecule has 2 aliphatic heterocycles. The number of rotatable bonds is 5. The summed E-state index contributed by atoms with van der Waals surface area (Å²) in [5, 5.41) is 2.00. The fourth-order valence-electron chi connectivity index (χ4n) is 5.25. The highest BCUT2D eigenvalue weighted by atomic mass is 32.1. The average Bonchev–Trinajstić information content (AvgIpc) is 3.53. The molecule has 1 amide bonds. The van der Waals surface area contributed by atoms with Gasteiger partial charge in [0, 0.05) is 38.3 Å². The molecule has 5 rings (SSSR count). The number of carbonyl (C=O) groups excluding carboxylic acids is 1. The van der Waals surface area contributed by atoms with E-state index in [1.807, 2.05) is 35.4 Å². The van der Waals surface area contributed by atoms with Gasteiger partial charge in [-0.2, -0.15) is 0 Å². The van der Waals surface area contributed by atoms with Gasteiger partial charge in [0.1, 0.15) is 5.82 Å². The van der Waals surface area contributed by atoms with Gasteiger partial charge < -0.3 is 9.64 Å². The van der Waals surface area contributed by atoms with E-state index in [-0.39, 0.29) is 17.3 Å². The van der Waals surface area contributed by atoms with Crippen LogP contribution in [0.4, 0.5) is 4.39 Å². The number of benzene rings is 1. The molecule has 6 heteroatoms. The van der Waals surface area contributed by atoms with Gasteiger partial charge in [0.15, 0.2) is 0 Å². The van der Waals surface area contributed by atoms with Crippen molar-refractivity contribution in [1.82, 2.24) is 9.80 Å². The van der Waals surface area contributed by atoms with Crippen LogP contribution in [0.25, 0.3) is 0 Å². The molecule has 4 nitrogen and oxygen atoms in total. The number of hydrogen-bond acceptors (Lipinski definition) is 4. The summed E-state index contributed by atoms with van der Waals surface area (Å²) in [7, 11) is 0. The van der Waals surface area contributed by atoms with Crippen molar-refractivity contribution < 1.29 is 13.9 Å². The minimum absolute atomic E-state index is 0.111. The largest absolute Gasteiger partial charge is 0.375 e. The minimum atomic E-state index is -0.175. The summed E-state index contributed by atoms with van der Waals surface area (Å²) >= 11 is 1.54. The predicted octanol–water partition coefficient (Wildman–Crippen LogP) is 5.01. The maximum atomic E-state index is 13.3. The van der Waals surface area contributed by atoms with Crippen LogP contribution in [0, 0.1) is 12.7 Å². The quantitative estimate of drug-likeness (QED) is 0.652. The zero-order valence-electron chi connectivity index (χ0n) is 18.2. The molecule has 0 radical (unpaired) electrons. The van der Waals surface area contributed by atoms with Gasteiger partial charge in [0.2, 0.25) is 0 Å². The van der Waals surface area contributed by atoms with Crippen LogP contribution < -0.4 is 0 Å². The Hall–Kier alpha value is -1.76. The number of halogens is 1. The highest BCUT2D eigenvalue weighted by Gasteiger charge is 2.45. The molecule has 1 spiro atoms. The third kappa shape index (κ3) is 4.57. The molecule has 1 unspecified atom stereocenters. The minimum Gasteiger partial charge on any atom is -0.375 e. The van der Waals surface area contributed by atoms with Crippen LogP contribution in [0.1, 0.15) is 59.3 Å². The predicted molar refractivity (Wildman–Crippen MR) is 121 cm³/mol. The number of likely N-dealkylation sites (tertiary alicyclic amines) is 1. The van der Waals surface area contributed by atoms with Gasteiger partial charge in [-0.05, 0) is 80.2 Å². The first-order valence-corrected chi connectivity index (χ1v) is 12.4. The summed E-state index contributed by atoms with van der Waals surface area (Å²) in [5.74, 6) is -0.00332. The van der Waals surface area contributed by atoms with E-state index >= 15 is 0 Å². The SMILES string of the molecule is Cc1ccsc1C(=O)N1CCC2(CC1)CC(N(Cc1ccc(F)cc1)C1CC1)CCO2. The molecule has 1 atom stereocenters. The van der Waals surface area contributed by atoms with Gasteiger partial charge in [0.25, 0.3) is 5.91 Å². The normalized spacial score (nSPS) is 23.5. The zero-order chi connectivity index (χ0) is 21.4. The van der Waals surface area contributed by atoms with Crippen molar-refractivity contribution in [2.75, 3.05) is 19.7 Å². The lowest BCUT2D eigenvalue weighted by atomic mass is 9.81. The Bertz CT molecular complexity index is 916. The molecule has 1 saturated carbocycles. The summed E-state index contributed by atoms with van der Waals surface area (Å²) in [5.41, 5.74) is 2.14. The van der Waals surface area contributed by atoms with Crippen LogP contribution >= 0.6 is 11.3 Å². The fraction of sp³-hybridized carbons (Fsp3) is 0.560. The molecular formula is C25H31FN2O2S. The highest BCUT2D eigenvalue weighted by molar-refractivity contribution is 7.12. The van der Waals surface area contributed by atoms with Crippen molar-refractivity contribution in [3.63, 3.8) is 0 Å². The van der Waals surface area contributed by atoms with Crippen molar-refractivity contribution in [2.45, 2.75) is 69.7 Å². The standard InChI is InChI=1S/C25H31FN2O2S/c1-18-9-15-31-23(18)24(29)27-12-10-25(11-13-27)16-22(8-14-30-25)28(21-6-7-21)17-19-2-4-20(26)5-3-19/h2-5,9,15,21-22H,6-8,10-14,16-17H2,1H3. The van der Waals surface area contributed by atoms with E-state index in [0.717, 1.165) is 62.4 Å². The lowest BCUT2D eigenvalue weighted by Gasteiger charge is -2.48. The van der Waals surface area contributed by atoms with Crippen molar-refractivity contribution >= 4 is 17.2 Å². The van der Waals surface area contributed by atoms with Gasteiger partial charge in [-0.25, -0.2) is 4.39 Å². The Labute approximate surface area is 188 Å². The second kappa shape index (κ2) is 8.64. The second-order valence-electron chi connectivity index (χ2n) is 9.43. The van der Waals surface area contributed by atoms with Crippen LogP contribution in [0.15, 0.2) is 35.7 Å². The molecular weight excluding hydrogens is 411 g/mol. The molecule has 1 aromatic carbocycles. The van der Waals surface area contributed by atoms with Crippen LogP contribution in [0.3, 0.4) is 0 Å². The van der Waals surface area contributed by atoms with E-state index in [9.17, 15) is 9.18 Å². The number of hydrogen-bond donors (Lipinski definition) is 0. The zero-order valence-corrected chi connectivity index (χ0v) is 19.0. The van der Waals surface area contributed by atoms with E-state index in [2.05, 4.69) is 4.90 Å². The van der Waals surface area contributed by atoms with Gasteiger partial charge in [-0.3, -0.25) is 9.69 Å². The van der Waals surface area contributed by atoms with Crippen molar-refractivity contribution in [1.29, 1.82) is 0 Å². The summed E-state index contributed by atoms with van der Waals surface area (Å²) in [6.45, 7) is 5.22.